The van der Waals surface area contributed by atoms with Gasteiger partial charge in [-0.2, -0.15) is 4.98 Å². The molecule has 2 rings (SSSR count). The molecule has 2 aromatic rings. The molecule has 0 radical (unpaired) electrons. The van der Waals surface area contributed by atoms with Gasteiger partial charge in [-0.05, 0) is 26.0 Å². The molecule has 0 saturated carbocycles. The van der Waals surface area contributed by atoms with E-state index >= 15 is 0 Å². The average molecular weight is 337 g/mol. The van der Waals surface area contributed by atoms with Gasteiger partial charge in [-0.25, -0.2) is 4.98 Å². The van der Waals surface area contributed by atoms with Crippen molar-refractivity contribution >= 4 is 35.8 Å². The van der Waals surface area contributed by atoms with Crippen molar-refractivity contribution < 1.29 is 9.53 Å². The van der Waals surface area contributed by atoms with Crippen LogP contribution in [0.1, 0.15) is 18.2 Å². The number of aromatic nitrogens is 2. The molecule has 0 atom stereocenters. The van der Waals surface area contributed by atoms with E-state index in [0.717, 1.165) is 11.4 Å². The zero-order valence-electron chi connectivity index (χ0n) is 13.4. The Bertz CT molecular complexity index is 647. The van der Waals surface area contributed by atoms with Crippen molar-refractivity contribution in [1.82, 2.24) is 9.97 Å². The molecule has 0 amide bonds. The Kier molecular flexibility index (Phi) is 7.28. The maximum absolute atomic E-state index is 10.7. The van der Waals surface area contributed by atoms with E-state index in [9.17, 15) is 4.79 Å². The monoisotopic (exact) mass is 336 g/mol. The number of anilines is 3. The van der Waals surface area contributed by atoms with Crippen molar-refractivity contribution in [3.8, 4) is 0 Å². The van der Waals surface area contributed by atoms with Gasteiger partial charge in [-0.1, -0.05) is 17.7 Å². The smallest absolute Gasteiger partial charge is 0.302 e. The number of hydrogen-bond acceptors (Lipinski definition) is 6. The molecule has 0 unspecified atom stereocenters. The number of esters is 1. The van der Waals surface area contributed by atoms with Gasteiger partial charge in [0.05, 0.1) is 6.54 Å². The number of aryl methyl sites for hydroxylation is 2. The molecule has 23 heavy (non-hydrogen) atoms. The summed E-state index contributed by atoms with van der Waals surface area (Å²) in [6.45, 7) is 6.08. The predicted octanol–water partition coefficient (Wildman–Crippen LogP) is 3.23. The lowest BCUT2D eigenvalue weighted by Gasteiger charge is -2.10. The summed E-state index contributed by atoms with van der Waals surface area (Å²) in [7, 11) is 0. The van der Waals surface area contributed by atoms with Crippen LogP contribution < -0.4 is 10.6 Å². The highest BCUT2D eigenvalue weighted by molar-refractivity contribution is 5.85. The molecule has 6 nitrogen and oxygen atoms in total. The van der Waals surface area contributed by atoms with Crippen molar-refractivity contribution in [2.45, 2.75) is 20.8 Å². The Hall–Kier alpha value is -2.34. The third kappa shape index (κ3) is 6.52. The topological polar surface area (TPSA) is 76.1 Å². The lowest BCUT2D eigenvalue weighted by Crippen LogP contribution is -2.14. The van der Waals surface area contributed by atoms with Crippen molar-refractivity contribution in [2.75, 3.05) is 23.8 Å². The Morgan fingerprint density at radius 1 is 1.17 bits per heavy atom. The molecule has 1 heterocycles. The molecule has 0 saturated heterocycles. The Labute approximate surface area is 142 Å². The molecule has 1 aromatic heterocycles. The van der Waals surface area contributed by atoms with Gasteiger partial charge in [0.15, 0.2) is 0 Å². The van der Waals surface area contributed by atoms with Gasteiger partial charge in [0.25, 0.3) is 0 Å². The molecule has 124 valence electrons. The van der Waals surface area contributed by atoms with Gasteiger partial charge in [0.2, 0.25) is 5.95 Å². The van der Waals surface area contributed by atoms with Gasteiger partial charge in [-0.3, -0.25) is 4.79 Å². The maximum Gasteiger partial charge on any atom is 0.302 e. The molecule has 2 N–H and O–H groups in total. The number of hydrogen-bond donors (Lipinski definition) is 2. The fraction of sp³-hybridized carbons (Fsp3) is 0.312. The molecular formula is C16H21ClN4O2. The molecule has 0 fully saturated rings. The zero-order valence-corrected chi connectivity index (χ0v) is 14.2. The van der Waals surface area contributed by atoms with Crippen molar-refractivity contribution in [2.24, 2.45) is 0 Å². The summed E-state index contributed by atoms with van der Waals surface area (Å²) >= 11 is 0. The van der Waals surface area contributed by atoms with Gasteiger partial charge in [0, 0.05) is 24.4 Å². The van der Waals surface area contributed by atoms with Crippen LogP contribution in [0.5, 0.6) is 0 Å². The van der Waals surface area contributed by atoms with E-state index in [1.165, 1.54) is 12.5 Å². The van der Waals surface area contributed by atoms with E-state index in [4.69, 9.17) is 4.74 Å². The summed E-state index contributed by atoms with van der Waals surface area (Å²) in [6.07, 6.45) is 0. The number of ether oxygens (including phenoxy) is 1. The van der Waals surface area contributed by atoms with Crippen molar-refractivity contribution in [3.63, 3.8) is 0 Å². The highest BCUT2D eigenvalue weighted by Crippen LogP contribution is 2.17. The zero-order chi connectivity index (χ0) is 15.9. The van der Waals surface area contributed by atoms with Crippen molar-refractivity contribution in [3.05, 3.63) is 41.6 Å². The van der Waals surface area contributed by atoms with Gasteiger partial charge in [-0.15, -0.1) is 12.4 Å². The predicted molar refractivity (Wildman–Crippen MR) is 93.6 cm³/mol. The maximum atomic E-state index is 10.7. The van der Waals surface area contributed by atoms with Crippen LogP contribution in [0.15, 0.2) is 30.3 Å². The minimum atomic E-state index is -0.298. The lowest BCUT2D eigenvalue weighted by molar-refractivity contribution is -0.140. The number of benzene rings is 1. The van der Waals surface area contributed by atoms with Gasteiger partial charge in [0.1, 0.15) is 12.4 Å². The first kappa shape index (κ1) is 18.7. The third-order valence-corrected chi connectivity index (χ3v) is 2.87. The van der Waals surface area contributed by atoms with Crippen LogP contribution in [0.4, 0.5) is 17.5 Å². The molecule has 0 bridgehead atoms. The van der Waals surface area contributed by atoms with E-state index < -0.39 is 0 Å². The van der Waals surface area contributed by atoms with Crippen LogP contribution in [0.25, 0.3) is 0 Å². The minimum absolute atomic E-state index is 0. The van der Waals surface area contributed by atoms with Crippen LogP contribution >= 0.6 is 12.4 Å². The molecule has 0 spiro atoms. The SMILES string of the molecule is CC(=O)OCCNc1nc(C)cc(Nc2ccc(C)cc2)n1.Cl. The molecular weight excluding hydrogens is 316 g/mol. The lowest BCUT2D eigenvalue weighted by atomic mass is 10.2. The van der Waals surface area contributed by atoms with E-state index in [0.29, 0.717) is 18.3 Å². The normalized spacial score (nSPS) is 9.70. The summed E-state index contributed by atoms with van der Waals surface area (Å²) in [5, 5.41) is 6.28. The van der Waals surface area contributed by atoms with Crippen LogP contribution in [-0.4, -0.2) is 29.1 Å². The number of rotatable bonds is 6. The molecule has 0 aliphatic rings. The number of nitrogens with one attached hydrogen (secondary N) is 2. The summed E-state index contributed by atoms with van der Waals surface area (Å²) in [4.78, 5) is 19.4. The Balaban J connectivity index is 0.00000264. The largest absolute Gasteiger partial charge is 0.464 e. The van der Waals surface area contributed by atoms with Crippen molar-refractivity contribution in [1.29, 1.82) is 0 Å². The van der Waals surface area contributed by atoms with E-state index in [2.05, 4.69) is 20.6 Å². The first-order valence-corrected chi connectivity index (χ1v) is 7.09. The average Bonchev–Trinajstić information content (AvgIpc) is 2.45. The fourth-order valence-corrected chi connectivity index (χ4v) is 1.85. The van der Waals surface area contributed by atoms with Crippen LogP contribution in [0.3, 0.4) is 0 Å². The second kappa shape index (κ2) is 8.95. The number of carbonyl (C=O) groups is 1. The second-order valence-electron chi connectivity index (χ2n) is 4.98. The number of nitrogens with zero attached hydrogens (tertiary/aromatic N) is 2. The minimum Gasteiger partial charge on any atom is -0.464 e. The van der Waals surface area contributed by atoms with E-state index in [1.54, 1.807) is 0 Å². The van der Waals surface area contributed by atoms with E-state index in [1.807, 2.05) is 44.2 Å². The Morgan fingerprint density at radius 3 is 2.52 bits per heavy atom. The Morgan fingerprint density at radius 2 is 1.87 bits per heavy atom. The fourth-order valence-electron chi connectivity index (χ4n) is 1.85. The highest BCUT2D eigenvalue weighted by atomic mass is 35.5. The van der Waals surface area contributed by atoms with E-state index in [-0.39, 0.29) is 25.0 Å². The summed E-state index contributed by atoms with van der Waals surface area (Å²) in [5.74, 6) is 0.918. The summed E-state index contributed by atoms with van der Waals surface area (Å²) in [5.41, 5.74) is 3.02. The first-order valence-electron chi connectivity index (χ1n) is 7.09. The molecule has 1 aromatic carbocycles. The van der Waals surface area contributed by atoms with Crippen LogP contribution in [0.2, 0.25) is 0 Å². The number of carbonyl (C=O) groups excluding carboxylic acids is 1. The van der Waals surface area contributed by atoms with Crippen LogP contribution in [0, 0.1) is 13.8 Å². The van der Waals surface area contributed by atoms with Gasteiger partial charge >= 0.3 is 5.97 Å². The highest BCUT2D eigenvalue weighted by Gasteiger charge is 2.03. The molecule has 0 aliphatic carbocycles. The first-order chi connectivity index (χ1) is 10.5. The number of halogens is 1. The second-order valence-corrected chi connectivity index (χ2v) is 4.98. The summed E-state index contributed by atoms with van der Waals surface area (Å²) < 4.78 is 4.86. The third-order valence-electron chi connectivity index (χ3n) is 2.87. The van der Waals surface area contributed by atoms with Crippen LogP contribution in [-0.2, 0) is 9.53 Å². The van der Waals surface area contributed by atoms with Gasteiger partial charge < -0.3 is 15.4 Å². The molecule has 7 heteroatoms. The summed E-state index contributed by atoms with van der Waals surface area (Å²) in [6, 6.07) is 9.95. The molecule has 0 aliphatic heterocycles. The quantitative estimate of drug-likeness (QED) is 0.623. The standard InChI is InChI=1S/C16H20N4O2.ClH/c1-11-4-6-14(7-5-11)19-15-10-12(2)18-16(20-15)17-8-9-22-13(3)21;/h4-7,10H,8-9H2,1-3H3,(H2,17,18,19,20);1H.